The molecular weight excluding hydrogens is 218 g/mol. The highest BCUT2D eigenvalue weighted by Crippen LogP contribution is 2.16. The molecule has 1 aliphatic heterocycles. The number of aliphatic hydroxyl groups excluding tert-OH is 1. The Kier molecular flexibility index (Phi) is 3.98. The third kappa shape index (κ3) is 3.20. The third-order valence-electron chi connectivity index (χ3n) is 2.93. The van der Waals surface area contributed by atoms with Crippen LogP contribution in [-0.4, -0.2) is 35.9 Å². The van der Waals surface area contributed by atoms with E-state index in [-0.39, 0.29) is 18.6 Å². The van der Waals surface area contributed by atoms with E-state index >= 15 is 0 Å². The highest BCUT2D eigenvalue weighted by molar-refractivity contribution is 5.68. The van der Waals surface area contributed by atoms with Gasteiger partial charge in [0.25, 0.3) is 0 Å². The van der Waals surface area contributed by atoms with Gasteiger partial charge in [0.05, 0.1) is 6.61 Å². The summed E-state index contributed by atoms with van der Waals surface area (Å²) >= 11 is 0. The van der Waals surface area contributed by atoms with E-state index in [2.05, 4.69) is 0 Å². The van der Waals surface area contributed by atoms with Gasteiger partial charge in [-0.15, -0.1) is 0 Å². The van der Waals surface area contributed by atoms with E-state index < -0.39 is 0 Å². The number of rotatable bonds is 4. The molecule has 0 aromatic heterocycles. The average Bonchev–Trinajstić information content (AvgIpc) is 2.35. The lowest BCUT2D eigenvalue weighted by molar-refractivity contribution is 0.0328. The van der Waals surface area contributed by atoms with E-state index in [0.717, 1.165) is 5.56 Å². The van der Waals surface area contributed by atoms with Crippen LogP contribution in [0.15, 0.2) is 30.3 Å². The minimum atomic E-state index is -0.261. The Balaban J connectivity index is 1.96. The summed E-state index contributed by atoms with van der Waals surface area (Å²) in [4.78, 5) is 13.3. The molecule has 0 aliphatic carbocycles. The van der Waals surface area contributed by atoms with E-state index in [1.165, 1.54) is 0 Å². The van der Waals surface area contributed by atoms with Crippen molar-refractivity contribution < 1.29 is 14.6 Å². The molecule has 0 saturated carbocycles. The van der Waals surface area contributed by atoms with Crippen molar-refractivity contribution in [3.05, 3.63) is 35.9 Å². The third-order valence-corrected chi connectivity index (χ3v) is 2.93. The van der Waals surface area contributed by atoms with Crippen LogP contribution >= 0.6 is 0 Å². The lowest BCUT2D eigenvalue weighted by Crippen LogP contribution is -2.42. The number of carbonyl (C=O) groups excluding carboxylic acids is 1. The van der Waals surface area contributed by atoms with Crippen molar-refractivity contribution in [2.45, 2.75) is 13.0 Å². The predicted octanol–water partition coefficient (Wildman–Crippen LogP) is 1.64. The van der Waals surface area contributed by atoms with Crippen LogP contribution in [0.2, 0.25) is 0 Å². The molecular formula is C13H17NO3. The van der Waals surface area contributed by atoms with Crippen molar-refractivity contribution in [1.82, 2.24) is 4.90 Å². The summed E-state index contributed by atoms with van der Waals surface area (Å²) in [6.07, 6.45) is 0.418. The van der Waals surface area contributed by atoms with Gasteiger partial charge >= 0.3 is 6.09 Å². The number of hydrogen-bond acceptors (Lipinski definition) is 3. The number of hydrogen-bond donors (Lipinski definition) is 1. The SMILES string of the molecule is O=C1OCC(CCO)CN1Cc1ccccc1. The number of nitrogens with zero attached hydrogens (tertiary/aromatic N) is 1. The van der Waals surface area contributed by atoms with Gasteiger partial charge in [-0.2, -0.15) is 0 Å². The standard InChI is InChI=1S/C13H17NO3/c15-7-6-12-9-14(13(16)17-10-12)8-11-4-2-1-3-5-11/h1-5,12,15H,6-10H2. The van der Waals surface area contributed by atoms with Gasteiger partial charge in [-0.25, -0.2) is 4.79 Å². The molecule has 0 bridgehead atoms. The van der Waals surface area contributed by atoms with E-state index in [4.69, 9.17) is 9.84 Å². The van der Waals surface area contributed by atoms with Crippen LogP contribution in [0.3, 0.4) is 0 Å². The molecule has 1 fully saturated rings. The zero-order valence-corrected chi connectivity index (χ0v) is 9.71. The molecule has 92 valence electrons. The van der Waals surface area contributed by atoms with Gasteiger partial charge in [0.1, 0.15) is 0 Å². The maximum Gasteiger partial charge on any atom is 0.410 e. The Morgan fingerprint density at radius 2 is 2.12 bits per heavy atom. The quantitative estimate of drug-likeness (QED) is 0.863. The van der Waals surface area contributed by atoms with Crippen molar-refractivity contribution in [2.75, 3.05) is 19.8 Å². The summed E-state index contributed by atoms with van der Waals surface area (Å²) in [7, 11) is 0. The molecule has 1 unspecified atom stereocenters. The van der Waals surface area contributed by atoms with Crippen molar-refractivity contribution in [3.8, 4) is 0 Å². The van der Waals surface area contributed by atoms with Gasteiger partial charge in [-0.1, -0.05) is 30.3 Å². The summed E-state index contributed by atoms with van der Waals surface area (Å²) in [5.74, 6) is 0.237. The van der Waals surface area contributed by atoms with Crippen molar-refractivity contribution in [1.29, 1.82) is 0 Å². The molecule has 1 aromatic rings. The molecule has 0 spiro atoms. The number of carbonyl (C=O) groups is 1. The van der Waals surface area contributed by atoms with Crippen LogP contribution in [0.25, 0.3) is 0 Å². The van der Waals surface area contributed by atoms with Crippen molar-refractivity contribution in [3.63, 3.8) is 0 Å². The minimum absolute atomic E-state index is 0.140. The van der Waals surface area contributed by atoms with Gasteiger partial charge in [-0.05, 0) is 12.0 Å². The summed E-state index contributed by atoms with van der Waals surface area (Å²) in [6, 6.07) is 9.84. The maximum atomic E-state index is 11.6. The second kappa shape index (κ2) is 5.68. The number of cyclic esters (lactones) is 1. The molecule has 1 aromatic carbocycles. The smallest absolute Gasteiger partial charge is 0.410 e. The molecule has 4 heteroatoms. The van der Waals surface area contributed by atoms with Gasteiger partial charge in [-0.3, -0.25) is 0 Å². The Morgan fingerprint density at radius 3 is 2.82 bits per heavy atom. The van der Waals surface area contributed by atoms with Crippen LogP contribution in [0.4, 0.5) is 4.79 Å². The average molecular weight is 235 g/mol. The number of benzene rings is 1. The van der Waals surface area contributed by atoms with Crippen LogP contribution in [-0.2, 0) is 11.3 Å². The summed E-state index contributed by atoms with van der Waals surface area (Å²) < 4.78 is 5.10. The second-order valence-electron chi connectivity index (χ2n) is 4.32. The fraction of sp³-hybridized carbons (Fsp3) is 0.462. The normalized spacial score (nSPS) is 20.2. The summed E-state index contributed by atoms with van der Waals surface area (Å²) in [6.45, 7) is 1.79. The first-order valence-corrected chi connectivity index (χ1v) is 5.86. The number of amides is 1. The molecule has 0 radical (unpaired) electrons. The Hall–Kier alpha value is -1.55. The zero-order chi connectivity index (χ0) is 12.1. The van der Waals surface area contributed by atoms with Gasteiger partial charge in [0.15, 0.2) is 0 Å². The lowest BCUT2D eigenvalue weighted by Gasteiger charge is -2.32. The van der Waals surface area contributed by atoms with E-state index in [1.807, 2.05) is 30.3 Å². The van der Waals surface area contributed by atoms with Crippen LogP contribution in [0.1, 0.15) is 12.0 Å². The van der Waals surface area contributed by atoms with E-state index in [9.17, 15) is 4.79 Å². The highest BCUT2D eigenvalue weighted by atomic mass is 16.6. The van der Waals surface area contributed by atoms with Crippen LogP contribution < -0.4 is 0 Å². The number of ether oxygens (including phenoxy) is 1. The molecule has 4 nitrogen and oxygen atoms in total. The van der Waals surface area contributed by atoms with E-state index in [0.29, 0.717) is 26.1 Å². The second-order valence-corrected chi connectivity index (χ2v) is 4.32. The topological polar surface area (TPSA) is 49.8 Å². The van der Waals surface area contributed by atoms with Gasteiger partial charge < -0.3 is 14.7 Å². The first-order valence-electron chi connectivity index (χ1n) is 5.86. The number of aliphatic hydroxyl groups is 1. The molecule has 1 N–H and O–H groups in total. The van der Waals surface area contributed by atoms with Gasteiger partial charge in [0.2, 0.25) is 0 Å². The fourth-order valence-corrected chi connectivity index (χ4v) is 2.01. The molecule has 17 heavy (non-hydrogen) atoms. The molecule has 1 aliphatic rings. The van der Waals surface area contributed by atoms with Crippen LogP contribution in [0.5, 0.6) is 0 Å². The first kappa shape index (κ1) is 11.9. The zero-order valence-electron chi connectivity index (χ0n) is 9.71. The molecule has 2 rings (SSSR count). The largest absolute Gasteiger partial charge is 0.449 e. The minimum Gasteiger partial charge on any atom is -0.449 e. The summed E-state index contributed by atoms with van der Waals surface area (Å²) in [5.41, 5.74) is 1.09. The predicted molar refractivity (Wildman–Crippen MR) is 63.4 cm³/mol. The Bertz CT molecular complexity index is 366. The molecule has 1 saturated heterocycles. The highest BCUT2D eigenvalue weighted by Gasteiger charge is 2.26. The molecule has 1 heterocycles. The first-order chi connectivity index (χ1) is 8.29. The lowest BCUT2D eigenvalue weighted by atomic mass is 10.1. The van der Waals surface area contributed by atoms with Crippen molar-refractivity contribution >= 4 is 6.09 Å². The van der Waals surface area contributed by atoms with Crippen molar-refractivity contribution in [2.24, 2.45) is 5.92 Å². The monoisotopic (exact) mass is 235 g/mol. The maximum absolute atomic E-state index is 11.6. The fourth-order valence-electron chi connectivity index (χ4n) is 2.01. The molecule has 1 amide bonds. The van der Waals surface area contributed by atoms with Gasteiger partial charge in [0, 0.05) is 25.6 Å². The van der Waals surface area contributed by atoms with Crippen LogP contribution in [0, 0.1) is 5.92 Å². The Labute approximate surface area is 101 Å². The Morgan fingerprint density at radius 1 is 1.35 bits per heavy atom. The van der Waals surface area contributed by atoms with E-state index in [1.54, 1.807) is 4.90 Å². The summed E-state index contributed by atoms with van der Waals surface area (Å²) in [5, 5.41) is 8.90. The molecule has 1 atom stereocenters.